The topological polar surface area (TPSA) is 80.0 Å². The first kappa shape index (κ1) is 14.3. The van der Waals surface area contributed by atoms with E-state index in [-0.39, 0.29) is 41.8 Å². The molecule has 1 aliphatic heterocycles. The molecule has 0 aromatic carbocycles. The molecule has 0 spiro atoms. The molecule has 3 atom stereocenters. The number of amides is 1. The summed E-state index contributed by atoms with van der Waals surface area (Å²) in [6, 6.07) is 2.54. The smallest absolute Gasteiger partial charge is 0.290 e. The molecule has 1 aromatic rings. The van der Waals surface area contributed by atoms with E-state index in [1.165, 1.54) is 12.1 Å². The van der Waals surface area contributed by atoms with E-state index in [2.05, 4.69) is 0 Å². The monoisotopic (exact) mass is 293 g/mol. The number of hydrogen-bond acceptors (Lipinski definition) is 5. The lowest BCUT2D eigenvalue weighted by Crippen LogP contribution is -2.51. The van der Waals surface area contributed by atoms with Crippen molar-refractivity contribution in [1.29, 1.82) is 0 Å². The quantitative estimate of drug-likeness (QED) is 0.862. The third-order valence-corrected chi connectivity index (χ3v) is 4.25. The number of aliphatic hydroxyl groups is 1. The van der Waals surface area contributed by atoms with Crippen LogP contribution in [0.2, 0.25) is 0 Å². The van der Waals surface area contributed by atoms with E-state index in [9.17, 15) is 14.7 Å². The fraction of sp³-hybridized carbons (Fsp3) is 0.600. The molecular weight excluding hydrogens is 274 g/mol. The highest BCUT2D eigenvalue weighted by atomic mass is 16.5. The molecule has 1 saturated carbocycles. The van der Waals surface area contributed by atoms with Crippen molar-refractivity contribution in [3.8, 4) is 0 Å². The van der Waals surface area contributed by atoms with Crippen molar-refractivity contribution in [3.63, 3.8) is 0 Å². The average molecular weight is 293 g/mol. The van der Waals surface area contributed by atoms with Gasteiger partial charge in [-0.25, -0.2) is 0 Å². The van der Waals surface area contributed by atoms with Crippen molar-refractivity contribution >= 4 is 5.91 Å². The molecule has 21 heavy (non-hydrogen) atoms. The Labute approximate surface area is 122 Å². The molecule has 1 unspecified atom stereocenters. The highest BCUT2D eigenvalue weighted by molar-refractivity contribution is 5.91. The molecule has 1 saturated heterocycles. The molecule has 0 radical (unpaired) electrons. The summed E-state index contributed by atoms with van der Waals surface area (Å²) in [5.74, 6) is 0.397. The fourth-order valence-electron chi connectivity index (χ4n) is 3.30. The van der Waals surface area contributed by atoms with E-state index >= 15 is 0 Å². The zero-order chi connectivity index (χ0) is 15.0. The summed E-state index contributed by atoms with van der Waals surface area (Å²) >= 11 is 0. The van der Waals surface area contributed by atoms with Crippen molar-refractivity contribution in [2.45, 2.75) is 31.9 Å². The van der Waals surface area contributed by atoms with E-state index in [1.54, 1.807) is 11.8 Å². The largest absolute Gasteiger partial charge is 0.456 e. The molecule has 2 fully saturated rings. The molecule has 1 aliphatic carbocycles. The van der Waals surface area contributed by atoms with Gasteiger partial charge in [0.15, 0.2) is 11.2 Å². The first-order valence-electron chi connectivity index (χ1n) is 7.23. The maximum atomic E-state index is 12.6. The number of fused-ring (bicyclic) bond motifs is 1. The zero-order valence-corrected chi connectivity index (χ0v) is 11.9. The number of aliphatic hydroxyl groups excluding tert-OH is 1. The summed E-state index contributed by atoms with van der Waals surface area (Å²) in [5.41, 5.74) is -0.230. The Kier molecular flexibility index (Phi) is 3.82. The summed E-state index contributed by atoms with van der Waals surface area (Å²) in [5, 5.41) is 9.31. The lowest BCUT2D eigenvalue weighted by Gasteiger charge is -2.37. The highest BCUT2D eigenvalue weighted by Crippen LogP contribution is 2.34. The standard InChI is InChI=1S/C15H19NO5/c1-9-4-11(18)7-14(21-9)15(19)16-2-3-20-13-6-10(8-17)5-12(13)16/h4,7,10,12-13,17H,2-3,5-6,8H2,1H3/t10-,12+,13?/m1/s1. The Morgan fingerprint density at radius 2 is 2.24 bits per heavy atom. The molecule has 6 nitrogen and oxygen atoms in total. The van der Waals surface area contributed by atoms with Crippen LogP contribution < -0.4 is 5.43 Å². The van der Waals surface area contributed by atoms with Gasteiger partial charge in [-0.3, -0.25) is 9.59 Å². The maximum absolute atomic E-state index is 12.6. The second kappa shape index (κ2) is 5.61. The van der Waals surface area contributed by atoms with Crippen LogP contribution in [0.1, 0.15) is 29.2 Å². The first-order valence-corrected chi connectivity index (χ1v) is 7.23. The van der Waals surface area contributed by atoms with E-state index in [0.717, 1.165) is 12.8 Å². The molecule has 1 aromatic heterocycles. The number of hydrogen-bond donors (Lipinski definition) is 1. The van der Waals surface area contributed by atoms with Gasteiger partial charge in [-0.1, -0.05) is 0 Å². The van der Waals surface area contributed by atoms with E-state index in [4.69, 9.17) is 9.15 Å². The lowest BCUT2D eigenvalue weighted by atomic mass is 10.1. The van der Waals surface area contributed by atoms with Crippen LogP contribution in [0.25, 0.3) is 0 Å². The van der Waals surface area contributed by atoms with Crippen LogP contribution in [0.3, 0.4) is 0 Å². The maximum Gasteiger partial charge on any atom is 0.290 e. The highest BCUT2D eigenvalue weighted by Gasteiger charge is 2.43. The summed E-state index contributed by atoms with van der Waals surface area (Å²) in [6.45, 7) is 2.71. The third kappa shape index (κ3) is 2.73. The Morgan fingerprint density at radius 1 is 1.43 bits per heavy atom. The minimum atomic E-state index is -0.271. The third-order valence-electron chi connectivity index (χ3n) is 4.25. The van der Waals surface area contributed by atoms with Crippen LogP contribution >= 0.6 is 0 Å². The Morgan fingerprint density at radius 3 is 2.95 bits per heavy atom. The molecular formula is C15H19NO5. The molecule has 0 bridgehead atoms. The van der Waals surface area contributed by atoms with Crippen LogP contribution in [0.5, 0.6) is 0 Å². The molecule has 2 heterocycles. The lowest BCUT2D eigenvalue weighted by molar-refractivity contribution is -0.0458. The van der Waals surface area contributed by atoms with Crippen molar-refractivity contribution in [3.05, 3.63) is 33.9 Å². The summed E-state index contributed by atoms with van der Waals surface area (Å²) in [6.07, 6.45) is 1.46. The van der Waals surface area contributed by atoms with Crippen LogP contribution in [0.15, 0.2) is 21.3 Å². The number of morpholine rings is 1. The van der Waals surface area contributed by atoms with Gasteiger partial charge in [0, 0.05) is 25.3 Å². The summed E-state index contributed by atoms with van der Waals surface area (Å²) < 4.78 is 11.1. The Hall–Kier alpha value is -1.66. The minimum absolute atomic E-state index is 0.0311. The number of carbonyl (C=O) groups is 1. The molecule has 1 amide bonds. The average Bonchev–Trinajstić information content (AvgIpc) is 2.88. The molecule has 114 valence electrons. The Bertz CT molecular complexity index is 596. The van der Waals surface area contributed by atoms with Gasteiger partial charge < -0.3 is 19.2 Å². The second-order valence-electron chi connectivity index (χ2n) is 5.76. The van der Waals surface area contributed by atoms with Crippen LogP contribution in [0.4, 0.5) is 0 Å². The fourth-order valence-corrected chi connectivity index (χ4v) is 3.30. The van der Waals surface area contributed by atoms with Gasteiger partial charge in [0.05, 0.1) is 18.8 Å². The van der Waals surface area contributed by atoms with Crippen LogP contribution in [0, 0.1) is 12.8 Å². The van der Waals surface area contributed by atoms with Gasteiger partial charge >= 0.3 is 0 Å². The number of rotatable bonds is 2. The number of ether oxygens (including phenoxy) is 1. The van der Waals surface area contributed by atoms with Crippen LogP contribution in [-0.4, -0.2) is 47.8 Å². The van der Waals surface area contributed by atoms with Crippen molar-refractivity contribution < 1.29 is 19.1 Å². The van der Waals surface area contributed by atoms with E-state index < -0.39 is 0 Å². The van der Waals surface area contributed by atoms with Gasteiger partial charge in [0.1, 0.15) is 5.76 Å². The Balaban J connectivity index is 1.85. The van der Waals surface area contributed by atoms with Crippen molar-refractivity contribution in [2.75, 3.05) is 19.8 Å². The molecule has 6 heteroatoms. The van der Waals surface area contributed by atoms with Gasteiger partial charge in [0.25, 0.3) is 5.91 Å². The summed E-state index contributed by atoms with van der Waals surface area (Å²) in [4.78, 5) is 25.9. The van der Waals surface area contributed by atoms with Crippen molar-refractivity contribution in [1.82, 2.24) is 4.90 Å². The normalized spacial score (nSPS) is 28.5. The van der Waals surface area contributed by atoms with Gasteiger partial charge in [0.2, 0.25) is 0 Å². The summed E-state index contributed by atoms with van der Waals surface area (Å²) in [7, 11) is 0. The van der Waals surface area contributed by atoms with Crippen LogP contribution in [-0.2, 0) is 4.74 Å². The minimum Gasteiger partial charge on any atom is -0.456 e. The SMILES string of the molecule is Cc1cc(=O)cc(C(=O)N2CCOC3C[C@H](CO)C[C@@H]32)o1. The van der Waals surface area contributed by atoms with E-state index in [0.29, 0.717) is 18.9 Å². The second-order valence-corrected chi connectivity index (χ2v) is 5.76. The molecule has 1 N–H and O–H groups in total. The zero-order valence-electron chi connectivity index (χ0n) is 11.9. The predicted molar refractivity (Wildman–Crippen MR) is 74.1 cm³/mol. The number of carbonyl (C=O) groups excluding carboxylic acids is 1. The van der Waals surface area contributed by atoms with Gasteiger partial charge in [-0.2, -0.15) is 0 Å². The van der Waals surface area contributed by atoms with E-state index in [1.807, 2.05) is 0 Å². The molecule has 3 rings (SSSR count). The van der Waals surface area contributed by atoms with Gasteiger partial charge in [-0.05, 0) is 25.7 Å². The number of aryl methyl sites for hydroxylation is 1. The van der Waals surface area contributed by atoms with Gasteiger partial charge in [-0.15, -0.1) is 0 Å². The first-order chi connectivity index (χ1) is 10.1. The van der Waals surface area contributed by atoms with Crippen molar-refractivity contribution in [2.24, 2.45) is 5.92 Å². The predicted octanol–water partition coefficient (Wildman–Crippen LogP) is 0.560. The molecule has 2 aliphatic rings. The number of nitrogens with zero attached hydrogens (tertiary/aromatic N) is 1.